The molecule has 0 aliphatic heterocycles. The van der Waals surface area contributed by atoms with Crippen molar-refractivity contribution < 1.29 is 23.5 Å². The average Bonchev–Trinajstić information content (AvgIpc) is 2.99. The van der Waals surface area contributed by atoms with Gasteiger partial charge in [0.1, 0.15) is 18.5 Å². The topological polar surface area (TPSA) is 140 Å². The molecule has 42 heavy (non-hydrogen) atoms. The van der Waals surface area contributed by atoms with Gasteiger partial charge in [0, 0.05) is 27.9 Å². The van der Waals surface area contributed by atoms with Crippen LogP contribution >= 0.6 is 11.8 Å². The van der Waals surface area contributed by atoms with E-state index in [1.54, 1.807) is 4.90 Å². The maximum absolute atomic E-state index is 14.1. The van der Waals surface area contributed by atoms with Crippen LogP contribution < -0.4 is 5.73 Å². The molecule has 0 saturated carbocycles. The first-order chi connectivity index (χ1) is 19.9. The number of nitrogens with two attached hydrogens (primary N) is 1. The van der Waals surface area contributed by atoms with Crippen molar-refractivity contribution in [3.63, 3.8) is 0 Å². The molecule has 4 atom stereocenters. The van der Waals surface area contributed by atoms with Crippen molar-refractivity contribution in [3.05, 3.63) is 33.0 Å². The highest BCUT2D eigenvalue weighted by molar-refractivity contribution is 8.05. The van der Waals surface area contributed by atoms with Gasteiger partial charge < -0.3 is 24.5 Å². The van der Waals surface area contributed by atoms with Gasteiger partial charge in [0.2, 0.25) is 5.91 Å². The van der Waals surface area contributed by atoms with Gasteiger partial charge >= 0.3 is 5.97 Å². The molecule has 0 aromatic carbocycles. The largest absolute Gasteiger partial charge is 0.464 e. The molecule has 0 aromatic rings. The second kappa shape index (κ2) is 21.7. The van der Waals surface area contributed by atoms with Crippen LogP contribution in [0.15, 0.2) is 27.7 Å². The molecule has 1 unspecified atom stereocenters. The summed E-state index contributed by atoms with van der Waals surface area (Å²) in [6.45, 7) is 21.6. The molecule has 0 bridgehead atoms. The molecule has 242 valence electrons. The fourth-order valence-corrected chi connectivity index (χ4v) is 8.30. The molecule has 0 spiro atoms. The number of ether oxygens (including phenoxy) is 2. The molecule has 10 nitrogen and oxygen atoms in total. The number of hydrogen-bond acceptors (Lipinski definition) is 8. The molecule has 0 radical (unpaired) electrons. The summed E-state index contributed by atoms with van der Waals surface area (Å²) in [7, 11) is -0.827. The molecular formula is C30H57N5O5SSi. The number of nitrogens with zero attached hydrogens (tertiary/aromatic N) is 4. The first-order valence-electron chi connectivity index (χ1n) is 15.4. The van der Waals surface area contributed by atoms with Gasteiger partial charge in [-0.1, -0.05) is 98.1 Å². The smallest absolute Gasteiger partial charge is 0.354 e. The SMILES string of the molecule is C=C(S/C=C(\N)C(=O)OC)[C@@H](C[C@H](C(C)C)N(COCCCCC)C(=O)[C@@H](N=[N+]=[N-])C(C)CC)O[Si](CC)(CC)CC. The molecule has 2 N–H and O–H groups in total. The lowest BCUT2D eigenvalue weighted by molar-refractivity contribution is -0.145. The van der Waals surface area contributed by atoms with Gasteiger partial charge in [-0.3, -0.25) is 4.79 Å². The summed E-state index contributed by atoms with van der Waals surface area (Å²) in [6.07, 6.45) is 3.77. The predicted octanol–water partition coefficient (Wildman–Crippen LogP) is 7.73. The van der Waals surface area contributed by atoms with Crippen molar-refractivity contribution >= 4 is 32.0 Å². The number of azide groups is 1. The summed E-state index contributed by atoms with van der Waals surface area (Å²) in [5, 5.41) is 5.45. The Hall–Kier alpha value is -1.98. The van der Waals surface area contributed by atoms with Crippen molar-refractivity contribution in [1.29, 1.82) is 0 Å². The zero-order valence-electron chi connectivity index (χ0n) is 27.6. The number of hydrogen-bond donors (Lipinski definition) is 1. The van der Waals surface area contributed by atoms with E-state index in [2.05, 4.69) is 58.1 Å². The predicted molar refractivity (Wildman–Crippen MR) is 176 cm³/mol. The zero-order valence-corrected chi connectivity index (χ0v) is 29.4. The van der Waals surface area contributed by atoms with Crippen LogP contribution in [0.5, 0.6) is 0 Å². The lowest BCUT2D eigenvalue weighted by Gasteiger charge is -2.41. The van der Waals surface area contributed by atoms with Crippen molar-refractivity contribution in [3.8, 4) is 0 Å². The number of methoxy groups -OCH3 is 1. The zero-order chi connectivity index (χ0) is 32.3. The van der Waals surface area contributed by atoms with Gasteiger partial charge in [0.25, 0.3) is 0 Å². The Balaban J connectivity index is 6.62. The van der Waals surface area contributed by atoms with E-state index in [1.165, 1.54) is 24.3 Å². The number of esters is 1. The van der Waals surface area contributed by atoms with E-state index >= 15 is 0 Å². The normalized spacial score (nSPS) is 15.0. The Morgan fingerprint density at radius 3 is 2.21 bits per heavy atom. The van der Waals surface area contributed by atoms with Gasteiger partial charge in [-0.25, -0.2) is 4.79 Å². The molecular weight excluding hydrogens is 571 g/mol. The Kier molecular flexibility index (Phi) is 20.6. The van der Waals surface area contributed by atoms with E-state index in [-0.39, 0.29) is 36.2 Å². The Morgan fingerprint density at radius 1 is 1.12 bits per heavy atom. The van der Waals surface area contributed by atoms with Gasteiger partial charge in [0.15, 0.2) is 8.32 Å². The lowest BCUT2D eigenvalue weighted by atomic mass is 9.93. The monoisotopic (exact) mass is 627 g/mol. The van der Waals surface area contributed by atoms with Crippen LogP contribution in [-0.4, -0.2) is 63.7 Å². The maximum atomic E-state index is 14.1. The Morgan fingerprint density at radius 2 is 1.74 bits per heavy atom. The number of carbonyl (C=O) groups excluding carboxylic acids is 2. The van der Waals surface area contributed by atoms with Crippen LogP contribution in [0.1, 0.15) is 87.5 Å². The number of carbonyl (C=O) groups is 2. The molecule has 0 rings (SSSR count). The van der Waals surface area contributed by atoms with Gasteiger partial charge in [-0.2, -0.15) is 0 Å². The summed E-state index contributed by atoms with van der Waals surface area (Å²) in [4.78, 5) is 31.4. The van der Waals surface area contributed by atoms with Crippen molar-refractivity contribution in [2.75, 3.05) is 20.4 Å². The third-order valence-corrected chi connectivity index (χ3v) is 13.7. The first-order valence-corrected chi connectivity index (χ1v) is 18.8. The van der Waals surface area contributed by atoms with Crippen LogP contribution in [0.4, 0.5) is 0 Å². The Labute approximate surface area is 259 Å². The molecule has 0 aromatic heterocycles. The minimum atomic E-state index is -2.11. The van der Waals surface area contributed by atoms with E-state index in [9.17, 15) is 15.1 Å². The van der Waals surface area contributed by atoms with Gasteiger partial charge in [-0.05, 0) is 48.3 Å². The molecule has 0 heterocycles. The molecule has 0 saturated heterocycles. The van der Waals surface area contributed by atoms with Crippen LogP contribution in [0.3, 0.4) is 0 Å². The molecule has 0 fully saturated rings. The van der Waals surface area contributed by atoms with Crippen LogP contribution in [0.25, 0.3) is 10.4 Å². The molecule has 12 heteroatoms. The van der Waals surface area contributed by atoms with Crippen LogP contribution in [0, 0.1) is 11.8 Å². The molecule has 1 amide bonds. The number of thioether (sulfide) groups is 1. The lowest BCUT2D eigenvalue weighted by Crippen LogP contribution is -2.52. The fourth-order valence-electron chi connectivity index (χ4n) is 4.70. The van der Waals surface area contributed by atoms with Gasteiger partial charge in [0.05, 0.1) is 13.2 Å². The quantitative estimate of drug-likeness (QED) is 0.0179. The summed E-state index contributed by atoms with van der Waals surface area (Å²) < 4.78 is 17.8. The standard InChI is InChI=1S/C30H57N5O5SSi/c1-11-16-17-18-39-21-35(29(36)28(33-34-32)23(8)12-2)26(22(6)7)19-27(40-42(13-3,14-4)15-5)24(9)41-20-25(31)30(37)38-10/h20,22-23,26-28H,9,11-19,21,31H2,1-8,10H3/b25-20-/t23?,26-,27-,28+/m1/s1. The minimum absolute atomic E-state index is 0.0177. The third kappa shape index (κ3) is 13.1. The van der Waals surface area contributed by atoms with E-state index in [1.807, 2.05) is 13.8 Å². The second-order valence-electron chi connectivity index (χ2n) is 11.1. The van der Waals surface area contributed by atoms with E-state index in [0.29, 0.717) is 24.4 Å². The van der Waals surface area contributed by atoms with E-state index in [0.717, 1.165) is 37.4 Å². The maximum Gasteiger partial charge on any atom is 0.354 e. The molecule has 0 aliphatic carbocycles. The number of unbranched alkanes of at least 4 members (excludes halogenated alkanes) is 2. The highest BCUT2D eigenvalue weighted by Gasteiger charge is 2.38. The third-order valence-electron chi connectivity index (χ3n) is 8.09. The van der Waals surface area contributed by atoms with Crippen LogP contribution in [-0.2, 0) is 23.5 Å². The minimum Gasteiger partial charge on any atom is -0.464 e. The summed E-state index contributed by atoms with van der Waals surface area (Å²) in [5.74, 6) is -0.947. The van der Waals surface area contributed by atoms with Gasteiger partial charge in [-0.15, -0.1) is 0 Å². The highest BCUT2D eigenvalue weighted by atomic mass is 32.2. The van der Waals surface area contributed by atoms with E-state index < -0.39 is 26.4 Å². The second-order valence-corrected chi connectivity index (χ2v) is 16.9. The fraction of sp³-hybridized carbons (Fsp3) is 0.800. The van der Waals surface area contributed by atoms with E-state index in [4.69, 9.17) is 19.6 Å². The summed E-state index contributed by atoms with van der Waals surface area (Å²) in [5.41, 5.74) is 15.2. The summed E-state index contributed by atoms with van der Waals surface area (Å²) >= 11 is 1.25. The Bertz CT molecular complexity index is 900. The van der Waals surface area contributed by atoms with Crippen molar-refractivity contribution in [2.24, 2.45) is 22.7 Å². The summed E-state index contributed by atoms with van der Waals surface area (Å²) in [6, 6.07) is 1.70. The molecule has 0 aliphatic rings. The highest BCUT2D eigenvalue weighted by Crippen LogP contribution is 2.34. The van der Waals surface area contributed by atoms with Crippen LogP contribution in [0.2, 0.25) is 18.1 Å². The van der Waals surface area contributed by atoms with Crippen molar-refractivity contribution in [2.45, 2.75) is 124 Å². The van der Waals surface area contributed by atoms with Crippen molar-refractivity contribution in [1.82, 2.24) is 4.90 Å². The number of rotatable bonds is 23. The number of amides is 1. The first kappa shape index (κ1) is 40.0. The average molecular weight is 628 g/mol.